The van der Waals surface area contributed by atoms with Crippen LogP contribution in [0, 0.1) is 0 Å². The number of benzene rings is 2. The molecule has 8 nitrogen and oxygen atoms in total. The Kier molecular flexibility index (Phi) is 7.54. The van der Waals surface area contributed by atoms with Crippen molar-refractivity contribution in [2.75, 3.05) is 12.4 Å². The van der Waals surface area contributed by atoms with Gasteiger partial charge in [0.1, 0.15) is 22.3 Å². The number of aromatic nitrogens is 2. The van der Waals surface area contributed by atoms with Crippen molar-refractivity contribution in [1.82, 2.24) is 15.3 Å². The molecule has 1 aromatic heterocycles. The average molecular weight is 511 g/mol. The summed E-state index contributed by atoms with van der Waals surface area (Å²) >= 11 is 6.54. The highest BCUT2D eigenvalue weighted by Gasteiger charge is 2.25. The number of H-pyrrole nitrogens is 1. The normalized spacial score (nSPS) is 13.6. The maximum absolute atomic E-state index is 12.7. The molecule has 0 spiro atoms. The fourth-order valence-electron chi connectivity index (χ4n) is 4.26. The van der Waals surface area contributed by atoms with E-state index in [1.807, 2.05) is 20.8 Å². The number of amides is 2. The van der Waals surface area contributed by atoms with Crippen LogP contribution in [-0.4, -0.2) is 34.9 Å². The molecule has 2 amide bonds. The molecule has 36 heavy (non-hydrogen) atoms. The highest BCUT2D eigenvalue weighted by Crippen LogP contribution is 2.30. The molecular weight excluding hydrogens is 480 g/mol. The van der Waals surface area contributed by atoms with Crippen molar-refractivity contribution >= 4 is 29.5 Å². The number of imidazole rings is 1. The number of aryl methyl sites for hydroxylation is 2. The molecule has 0 fully saturated rings. The van der Waals surface area contributed by atoms with Gasteiger partial charge in [-0.05, 0) is 68.9 Å². The molecule has 3 N–H and O–H groups in total. The zero-order chi connectivity index (χ0) is 25.9. The summed E-state index contributed by atoms with van der Waals surface area (Å²) in [5.41, 5.74) is 5.11. The number of fused-ring (bicyclic) bond motifs is 1. The summed E-state index contributed by atoms with van der Waals surface area (Å²) in [6, 6.07) is 13.1. The fraction of sp³-hybridized carbons (Fsp3) is 0.370. The van der Waals surface area contributed by atoms with Crippen LogP contribution in [0.4, 0.5) is 15.3 Å². The summed E-state index contributed by atoms with van der Waals surface area (Å²) in [4.78, 5) is 32.0. The zero-order valence-electron chi connectivity index (χ0n) is 20.9. The molecule has 1 aliphatic rings. The third-order valence-electron chi connectivity index (χ3n) is 5.89. The van der Waals surface area contributed by atoms with Crippen LogP contribution in [0.1, 0.15) is 55.7 Å². The summed E-state index contributed by atoms with van der Waals surface area (Å²) < 4.78 is 10.1. The Morgan fingerprint density at radius 2 is 1.81 bits per heavy atom. The van der Waals surface area contributed by atoms with E-state index >= 15 is 0 Å². The Labute approximate surface area is 215 Å². The largest absolute Gasteiger partial charge is 0.453 e. The highest BCUT2D eigenvalue weighted by atomic mass is 35.5. The van der Waals surface area contributed by atoms with Crippen LogP contribution in [0.2, 0.25) is 5.15 Å². The van der Waals surface area contributed by atoms with E-state index in [1.165, 1.54) is 24.7 Å². The molecule has 0 aliphatic heterocycles. The van der Waals surface area contributed by atoms with Crippen molar-refractivity contribution in [3.05, 3.63) is 70.1 Å². The fourth-order valence-corrected chi connectivity index (χ4v) is 4.51. The van der Waals surface area contributed by atoms with Crippen molar-refractivity contribution in [2.24, 2.45) is 0 Å². The van der Waals surface area contributed by atoms with Crippen LogP contribution in [0.5, 0.6) is 0 Å². The van der Waals surface area contributed by atoms with Gasteiger partial charge in [-0.25, -0.2) is 14.6 Å². The molecule has 3 aromatic rings. The first-order chi connectivity index (χ1) is 17.1. The van der Waals surface area contributed by atoms with Gasteiger partial charge in [0.15, 0.2) is 0 Å². The number of aromatic amines is 1. The van der Waals surface area contributed by atoms with E-state index in [2.05, 4.69) is 38.6 Å². The van der Waals surface area contributed by atoms with Gasteiger partial charge in [0.2, 0.25) is 0 Å². The van der Waals surface area contributed by atoms with E-state index in [1.54, 1.807) is 24.3 Å². The predicted molar refractivity (Wildman–Crippen MR) is 139 cm³/mol. The van der Waals surface area contributed by atoms with Gasteiger partial charge < -0.3 is 19.8 Å². The Hall–Kier alpha value is -3.52. The molecule has 9 heteroatoms. The van der Waals surface area contributed by atoms with Gasteiger partial charge in [-0.15, -0.1) is 0 Å². The SMILES string of the molecule is COC(=O)Nc1ccc(-c2nc([C@H](Cc3ccc4c(c3)CCC4)NC(=O)OC(C)(C)C)[nH]c2Cl)cc1. The lowest BCUT2D eigenvalue weighted by Crippen LogP contribution is -2.36. The number of halogens is 1. The van der Waals surface area contributed by atoms with E-state index in [4.69, 9.17) is 21.3 Å². The van der Waals surface area contributed by atoms with Gasteiger partial charge in [0.25, 0.3) is 0 Å². The third kappa shape index (κ3) is 6.37. The van der Waals surface area contributed by atoms with Crippen LogP contribution in [0.25, 0.3) is 11.3 Å². The first-order valence-corrected chi connectivity index (χ1v) is 12.3. The second-order valence-corrected chi connectivity index (χ2v) is 10.2. The van der Waals surface area contributed by atoms with E-state index in [-0.39, 0.29) is 0 Å². The lowest BCUT2D eigenvalue weighted by molar-refractivity contribution is 0.0501. The molecule has 0 unspecified atom stereocenters. The molecule has 0 bridgehead atoms. The number of nitrogens with one attached hydrogen (secondary N) is 3. The Morgan fingerprint density at radius 1 is 1.08 bits per heavy atom. The van der Waals surface area contributed by atoms with E-state index < -0.39 is 23.8 Å². The van der Waals surface area contributed by atoms with Crippen molar-refractivity contribution < 1.29 is 19.1 Å². The number of nitrogens with zero attached hydrogens (tertiary/aromatic N) is 1. The molecule has 0 radical (unpaired) electrons. The third-order valence-corrected chi connectivity index (χ3v) is 6.17. The van der Waals surface area contributed by atoms with Crippen LogP contribution < -0.4 is 10.6 Å². The van der Waals surface area contributed by atoms with E-state index in [0.29, 0.717) is 28.8 Å². The number of methoxy groups -OCH3 is 1. The van der Waals surface area contributed by atoms with Gasteiger partial charge in [-0.1, -0.05) is 41.9 Å². The Balaban J connectivity index is 1.59. The molecular formula is C27H31ClN4O4. The van der Waals surface area contributed by atoms with Gasteiger partial charge in [0, 0.05) is 17.7 Å². The molecule has 4 rings (SSSR count). The molecule has 1 atom stereocenters. The van der Waals surface area contributed by atoms with E-state index in [0.717, 1.165) is 24.0 Å². The van der Waals surface area contributed by atoms with Gasteiger partial charge in [0.05, 0.1) is 13.2 Å². The molecule has 1 heterocycles. The molecule has 190 valence electrons. The van der Waals surface area contributed by atoms with Gasteiger partial charge in [-0.3, -0.25) is 5.32 Å². The summed E-state index contributed by atoms with van der Waals surface area (Å²) in [6.07, 6.45) is 2.80. The quantitative estimate of drug-likeness (QED) is 0.366. The van der Waals surface area contributed by atoms with Crippen molar-refractivity contribution in [2.45, 2.75) is 58.1 Å². The number of hydrogen-bond donors (Lipinski definition) is 3. The number of carbonyl (C=O) groups is 2. The summed E-state index contributed by atoms with van der Waals surface area (Å²) in [7, 11) is 1.30. The molecule has 1 aliphatic carbocycles. The Morgan fingerprint density at radius 3 is 2.50 bits per heavy atom. The second-order valence-electron chi connectivity index (χ2n) is 9.84. The smallest absolute Gasteiger partial charge is 0.411 e. The topological polar surface area (TPSA) is 105 Å². The summed E-state index contributed by atoms with van der Waals surface area (Å²) in [6.45, 7) is 5.47. The number of ether oxygens (including phenoxy) is 2. The van der Waals surface area contributed by atoms with Crippen LogP contribution in [0.3, 0.4) is 0 Å². The maximum Gasteiger partial charge on any atom is 0.411 e. The molecule has 0 saturated carbocycles. The van der Waals surface area contributed by atoms with Crippen molar-refractivity contribution in [3.8, 4) is 11.3 Å². The van der Waals surface area contributed by atoms with Crippen molar-refractivity contribution in [3.63, 3.8) is 0 Å². The Bertz CT molecular complexity index is 1250. The number of hydrogen-bond acceptors (Lipinski definition) is 5. The lowest BCUT2D eigenvalue weighted by Gasteiger charge is -2.23. The van der Waals surface area contributed by atoms with Crippen molar-refractivity contribution in [1.29, 1.82) is 0 Å². The maximum atomic E-state index is 12.7. The zero-order valence-corrected chi connectivity index (χ0v) is 21.7. The first-order valence-electron chi connectivity index (χ1n) is 11.9. The number of rotatable bonds is 6. The number of alkyl carbamates (subject to hydrolysis) is 1. The average Bonchev–Trinajstić information content (AvgIpc) is 3.44. The summed E-state index contributed by atoms with van der Waals surface area (Å²) in [5.74, 6) is 0.526. The first kappa shape index (κ1) is 25.6. The number of anilines is 1. The van der Waals surface area contributed by atoms with Crippen LogP contribution in [0.15, 0.2) is 42.5 Å². The minimum Gasteiger partial charge on any atom is -0.453 e. The second kappa shape index (κ2) is 10.6. The lowest BCUT2D eigenvalue weighted by atomic mass is 10.0. The predicted octanol–water partition coefficient (Wildman–Crippen LogP) is 6.21. The molecule has 0 saturated heterocycles. The summed E-state index contributed by atoms with van der Waals surface area (Å²) in [5, 5.41) is 5.92. The minimum absolute atomic E-state index is 0.351. The monoisotopic (exact) mass is 510 g/mol. The van der Waals surface area contributed by atoms with Gasteiger partial charge in [-0.2, -0.15) is 0 Å². The van der Waals surface area contributed by atoms with Crippen LogP contribution in [-0.2, 0) is 28.7 Å². The van der Waals surface area contributed by atoms with Gasteiger partial charge >= 0.3 is 12.2 Å². The van der Waals surface area contributed by atoms with Crippen LogP contribution >= 0.6 is 11.6 Å². The van der Waals surface area contributed by atoms with E-state index in [9.17, 15) is 9.59 Å². The highest BCUT2D eigenvalue weighted by molar-refractivity contribution is 6.31. The standard InChI is InChI=1S/C27H31ClN4O4/c1-27(2,3)36-26(34)30-21(15-16-8-9-17-6-5-7-19(17)14-16)24-31-22(23(28)32-24)18-10-12-20(13-11-18)29-25(33)35-4/h8-14,21H,5-7,15H2,1-4H3,(H,29,33)(H,30,34)(H,31,32)/t21-/m0/s1. The molecule has 2 aromatic carbocycles. The number of carbonyl (C=O) groups excluding carboxylic acids is 2. The minimum atomic E-state index is -0.631.